The van der Waals surface area contributed by atoms with E-state index in [-0.39, 0.29) is 24.3 Å². The van der Waals surface area contributed by atoms with Gasteiger partial charge in [-0.1, -0.05) is 35.9 Å². The molecule has 0 bridgehead atoms. The Balaban J connectivity index is 1.70. The van der Waals surface area contributed by atoms with Gasteiger partial charge in [-0.15, -0.1) is 0 Å². The molecule has 2 aromatic carbocycles. The maximum absolute atomic E-state index is 13.0. The molecule has 0 spiro atoms. The maximum Gasteiger partial charge on any atom is 0.261 e. The molecule has 1 unspecified atom stereocenters. The molecule has 1 atom stereocenters. The van der Waals surface area contributed by atoms with Crippen molar-refractivity contribution in [2.75, 3.05) is 13.2 Å². The van der Waals surface area contributed by atoms with Crippen LogP contribution in [0.5, 0.6) is 5.75 Å². The molecule has 1 fully saturated rings. The number of hydrogen-bond donors (Lipinski definition) is 0. The summed E-state index contributed by atoms with van der Waals surface area (Å²) in [7, 11) is 0. The largest absolute Gasteiger partial charge is 0.484 e. The van der Waals surface area contributed by atoms with Crippen molar-refractivity contribution in [1.82, 2.24) is 4.90 Å². The van der Waals surface area contributed by atoms with E-state index in [2.05, 4.69) is 0 Å². The number of nitrogens with zero attached hydrogens (tertiary/aromatic N) is 1. The van der Waals surface area contributed by atoms with Crippen LogP contribution in [0.25, 0.3) is 0 Å². The number of likely N-dealkylation sites (tertiary alicyclic amines) is 1. The van der Waals surface area contributed by atoms with Crippen molar-refractivity contribution in [3.63, 3.8) is 0 Å². The van der Waals surface area contributed by atoms with Gasteiger partial charge in [0.1, 0.15) is 5.75 Å². The molecule has 4 nitrogen and oxygen atoms in total. The summed E-state index contributed by atoms with van der Waals surface area (Å²) in [6.45, 7) is 4.48. The minimum atomic E-state index is -0.382. The Hall–Kier alpha value is -2.62. The summed E-state index contributed by atoms with van der Waals surface area (Å²) in [5.74, 6) is 0.559. The van der Waals surface area contributed by atoms with Gasteiger partial charge < -0.3 is 9.64 Å². The van der Waals surface area contributed by atoms with Gasteiger partial charge >= 0.3 is 0 Å². The average Bonchev–Trinajstić information content (AvgIpc) is 3.12. The minimum Gasteiger partial charge on any atom is -0.484 e. The van der Waals surface area contributed by atoms with Crippen LogP contribution in [0.3, 0.4) is 0 Å². The Morgan fingerprint density at radius 2 is 1.88 bits per heavy atom. The van der Waals surface area contributed by atoms with Gasteiger partial charge in [-0.05, 0) is 50.5 Å². The van der Waals surface area contributed by atoms with Gasteiger partial charge in [-0.2, -0.15) is 0 Å². The number of amides is 1. The van der Waals surface area contributed by atoms with Gasteiger partial charge in [0, 0.05) is 12.1 Å². The summed E-state index contributed by atoms with van der Waals surface area (Å²) in [5.41, 5.74) is 2.72. The second-order valence-corrected chi connectivity index (χ2v) is 6.53. The first-order valence-electron chi connectivity index (χ1n) is 8.65. The summed E-state index contributed by atoms with van der Waals surface area (Å²) in [5, 5.41) is 0. The molecular formula is C21H23NO3. The maximum atomic E-state index is 13.0. The van der Waals surface area contributed by atoms with E-state index in [1.807, 2.05) is 62.4 Å². The molecule has 4 heteroatoms. The third kappa shape index (κ3) is 3.90. The number of ketones is 1. The van der Waals surface area contributed by atoms with Crippen LogP contribution in [-0.2, 0) is 4.79 Å². The van der Waals surface area contributed by atoms with Crippen molar-refractivity contribution >= 4 is 11.7 Å². The van der Waals surface area contributed by atoms with Crippen LogP contribution < -0.4 is 4.74 Å². The number of benzene rings is 2. The number of hydrogen-bond acceptors (Lipinski definition) is 3. The van der Waals surface area contributed by atoms with Gasteiger partial charge in [0.25, 0.3) is 5.91 Å². The number of Topliss-reactive ketones (excluding diaryl/α,β-unsaturated/α-hetero) is 1. The molecule has 1 aliphatic heterocycles. The lowest BCUT2D eigenvalue weighted by molar-refractivity contribution is -0.133. The predicted octanol–water partition coefficient (Wildman–Crippen LogP) is 3.56. The van der Waals surface area contributed by atoms with Crippen molar-refractivity contribution in [2.45, 2.75) is 32.7 Å². The number of para-hydroxylation sites is 1. The summed E-state index contributed by atoms with van der Waals surface area (Å²) in [4.78, 5) is 27.2. The van der Waals surface area contributed by atoms with E-state index in [0.717, 1.165) is 17.5 Å². The zero-order chi connectivity index (χ0) is 17.8. The third-order valence-electron chi connectivity index (χ3n) is 4.64. The number of carbonyl (C=O) groups is 2. The normalized spacial score (nSPS) is 16.7. The molecule has 1 saturated heterocycles. The molecule has 0 aromatic heterocycles. The highest BCUT2D eigenvalue weighted by atomic mass is 16.5. The van der Waals surface area contributed by atoms with Crippen molar-refractivity contribution in [1.29, 1.82) is 0 Å². The smallest absolute Gasteiger partial charge is 0.261 e. The first-order valence-corrected chi connectivity index (χ1v) is 8.65. The molecule has 25 heavy (non-hydrogen) atoms. The Kier molecular flexibility index (Phi) is 5.17. The van der Waals surface area contributed by atoms with Crippen molar-refractivity contribution < 1.29 is 14.3 Å². The lowest BCUT2D eigenvalue weighted by Gasteiger charge is -2.24. The van der Waals surface area contributed by atoms with Gasteiger partial charge in [0.15, 0.2) is 12.4 Å². The van der Waals surface area contributed by atoms with Crippen LogP contribution in [0.2, 0.25) is 0 Å². The highest BCUT2D eigenvalue weighted by Crippen LogP contribution is 2.24. The van der Waals surface area contributed by atoms with Crippen molar-refractivity contribution in [3.8, 4) is 5.75 Å². The standard InChI is InChI=1S/C21H23NO3/c1-15-10-11-16(2)18(13-15)21(24)19-9-6-12-22(19)20(23)14-25-17-7-4-3-5-8-17/h3-5,7-8,10-11,13,19H,6,9,12,14H2,1-2H3. The van der Waals surface area contributed by atoms with Crippen LogP contribution in [0, 0.1) is 13.8 Å². The topological polar surface area (TPSA) is 46.6 Å². The molecule has 0 radical (unpaired) electrons. The first-order chi connectivity index (χ1) is 12.1. The zero-order valence-corrected chi connectivity index (χ0v) is 14.7. The second-order valence-electron chi connectivity index (χ2n) is 6.53. The Labute approximate surface area is 148 Å². The number of carbonyl (C=O) groups excluding carboxylic acids is 2. The van der Waals surface area contributed by atoms with Crippen LogP contribution in [0.15, 0.2) is 48.5 Å². The quantitative estimate of drug-likeness (QED) is 0.784. The molecule has 1 aliphatic rings. The van der Waals surface area contributed by atoms with Gasteiger partial charge in [-0.25, -0.2) is 0 Å². The van der Waals surface area contributed by atoms with Crippen molar-refractivity contribution in [3.05, 3.63) is 65.2 Å². The first kappa shape index (κ1) is 17.2. The third-order valence-corrected chi connectivity index (χ3v) is 4.64. The summed E-state index contributed by atoms with van der Waals surface area (Å²) >= 11 is 0. The van der Waals surface area contributed by atoms with E-state index in [1.165, 1.54) is 0 Å². The molecule has 2 aromatic rings. The highest BCUT2D eigenvalue weighted by Gasteiger charge is 2.35. The number of ether oxygens (including phenoxy) is 1. The monoisotopic (exact) mass is 337 g/mol. The van der Waals surface area contributed by atoms with Crippen LogP contribution in [0.1, 0.15) is 34.3 Å². The zero-order valence-electron chi connectivity index (χ0n) is 14.7. The Bertz CT molecular complexity index is 770. The summed E-state index contributed by atoms with van der Waals surface area (Å²) < 4.78 is 5.55. The fraction of sp³-hybridized carbons (Fsp3) is 0.333. The van der Waals surface area contributed by atoms with Crippen molar-refractivity contribution in [2.24, 2.45) is 0 Å². The van der Waals surface area contributed by atoms with Crippen LogP contribution in [0.4, 0.5) is 0 Å². The number of rotatable bonds is 5. The highest BCUT2D eigenvalue weighted by molar-refractivity contribution is 6.03. The fourth-order valence-electron chi connectivity index (χ4n) is 3.26. The fourth-order valence-corrected chi connectivity index (χ4v) is 3.26. The predicted molar refractivity (Wildman–Crippen MR) is 96.9 cm³/mol. The molecule has 0 saturated carbocycles. The van der Waals surface area contributed by atoms with Gasteiger partial charge in [0.2, 0.25) is 0 Å². The molecule has 1 amide bonds. The lowest BCUT2D eigenvalue weighted by atomic mass is 9.96. The van der Waals surface area contributed by atoms with Crippen LogP contribution >= 0.6 is 0 Å². The second kappa shape index (κ2) is 7.51. The molecule has 1 heterocycles. The summed E-state index contributed by atoms with van der Waals surface area (Å²) in [6, 6.07) is 14.7. The van der Waals surface area contributed by atoms with E-state index >= 15 is 0 Å². The van der Waals surface area contributed by atoms with E-state index in [1.54, 1.807) is 4.90 Å². The number of aryl methyl sites for hydroxylation is 2. The average molecular weight is 337 g/mol. The van der Waals surface area contributed by atoms with E-state index in [4.69, 9.17) is 4.74 Å². The molecular weight excluding hydrogens is 314 g/mol. The molecule has 0 aliphatic carbocycles. The molecule has 3 rings (SSSR count). The molecule has 0 N–H and O–H groups in total. The Morgan fingerprint density at radius 3 is 2.64 bits per heavy atom. The van der Waals surface area contributed by atoms with Crippen LogP contribution in [-0.4, -0.2) is 35.8 Å². The lowest BCUT2D eigenvalue weighted by Crippen LogP contribution is -2.43. The SMILES string of the molecule is Cc1ccc(C)c(C(=O)C2CCCN2C(=O)COc2ccccc2)c1. The van der Waals surface area contributed by atoms with E-state index in [0.29, 0.717) is 24.3 Å². The summed E-state index contributed by atoms with van der Waals surface area (Å²) in [6.07, 6.45) is 1.56. The van der Waals surface area contributed by atoms with Gasteiger partial charge in [-0.3, -0.25) is 9.59 Å². The molecule has 130 valence electrons. The van der Waals surface area contributed by atoms with E-state index in [9.17, 15) is 9.59 Å². The van der Waals surface area contributed by atoms with E-state index < -0.39 is 0 Å². The minimum absolute atomic E-state index is 0.0340. The Morgan fingerprint density at radius 1 is 1.12 bits per heavy atom. The van der Waals surface area contributed by atoms with Gasteiger partial charge in [0.05, 0.1) is 6.04 Å².